The highest BCUT2D eigenvalue weighted by molar-refractivity contribution is 5.76. The second-order valence-electron chi connectivity index (χ2n) is 4.77. The highest BCUT2D eigenvalue weighted by Gasteiger charge is 2.20. The number of amides is 1. The van der Waals surface area contributed by atoms with Gasteiger partial charge in [0.05, 0.1) is 0 Å². The summed E-state index contributed by atoms with van der Waals surface area (Å²) in [6.45, 7) is 6.08. The number of nitrogens with zero attached hydrogens (tertiary/aromatic N) is 1. The van der Waals surface area contributed by atoms with Gasteiger partial charge in [0.2, 0.25) is 5.91 Å². The second-order valence-corrected chi connectivity index (χ2v) is 4.77. The van der Waals surface area contributed by atoms with E-state index in [0.717, 1.165) is 19.5 Å². The molecule has 1 aliphatic carbocycles. The van der Waals surface area contributed by atoms with Gasteiger partial charge in [0, 0.05) is 32.6 Å². The van der Waals surface area contributed by atoms with E-state index in [4.69, 9.17) is 0 Å². The van der Waals surface area contributed by atoms with Gasteiger partial charge in [-0.2, -0.15) is 0 Å². The van der Waals surface area contributed by atoms with E-state index in [1.54, 1.807) is 0 Å². The zero-order valence-electron chi connectivity index (χ0n) is 10.3. The molecule has 1 atom stereocenters. The molecular weight excluding hydrogens is 188 g/mol. The molecule has 1 rings (SSSR count). The molecule has 0 aromatic rings. The summed E-state index contributed by atoms with van der Waals surface area (Å²) in [7, 11) is 1.91. The Morgan fingerprint density at radius 3 is 2.73 bits per heavy atom. The molecule has 1 saturated carbocycles. The van der Waals surface area contributed by atoms with Crippen molar-refractivity contribution in [2.75, 3.05) is 20.1 Å². The average molecular weight is 212 g/mol. The van der Waals surface area contributed by atoms with Crippen molar-refractivity contribution in [1.29, 1.82) is 0 Å². The van der Waals surface area contributed by atoms with Gasteiger partial charge in [-0.05, 0) is 18.8 Å². The van der Waals surface area contributed by atoms with Crippen molar-refractivity contribution in [1.82, 2.24) is 10.2 Å². The molecule has 0 saturated heterocycles. The van der Waals surface area contributed by atoms with Crippen LogP contribution in [0.2, 0.25) is 0 Å². The van der Waals surface area contributed by atoms with E-state index in [0.29, 0.717) is 18.4 Å². The first kappa shape index (κ1) is 12.5. The minimum Gasteiger partial charge on any atom is -0.345 e. The van der Waals surface area contributed by atoms with Gasteiger partial charge in [-0.15, -0.1) is 0 Å². The zero-order chi connectivity index (χ0) is 11.3. The van der Waals surface area contributed by atoms with Gasteiger partial charge in [0.25, 0.3) is 0 Å². The van der Waals surface area contributed by atoms with Crippen molar-refractivity contribution in [2.24, 2.45) is 5.92 Å². The van der Waals surface area contributed by atoms with Crippen LogP contribution in [0.25, 0.3) is 0 Å². The van der Waals surface area contributed by atoms with E-state index in [2.05, 4.69) is 19.2 Å². The van der Waals surface area contributed by atoms with Gasteiger partial charge in [-0.25, -0.2) is 0 Å². The Kier molecular flexibility index (Phi) is 5.09. The topological polar surface area (TPSA) is 32.3 Å². The first-order chi connectivity index (χ1) is 7.13. The highest BCUT2D eigenvalue weighted by Crippen LogP contribution is 2.18. The van der Waals surface area contributed by atoms with Gasteiger partial charge in [-0.3, -0.25) is 4.79 Å². The van der Waals surface area contributed by atoms with Crippen LogP contribution in [-0.4, -0.2) is 37.0 Å². The van der Waals surface area contributed by atoms with Gasteiger partial charge in [0.1, 0.15) is 0 Å². The monoisotopic (exact) mass is 212 g/mol. The van der Waals surface area contributed by atoms with Crippen molar-refractivity contribution >= 4 is 5.91 Å². The molecule has 0 spiro atoms. The number of rotatable bonds is 7. The van der Waals surface area contributed by atoms with Gasteiger partial charge in [0.15, 0.2) is 0 Å². The van der Waals surface area contributed by atoms with Crippen molar-refractivity contribution in [3.63, 3.8) is 0 Å². The summed E-state index contributed by atoms with van der Waals surface area (Å²) in [5, 5.41) is 3.36. The van der Waals surface area contributed by atoms with Gasteiger partial charge >= 0.3 is 0 Å². The minimum absolute atomic E-state index is 0.267. The molecule has 15 heavy (non-hydrogen) atoms. The molecule has 1 amide bonds. The van der Waals surface area contributed by atoms with Crippen molar-refractivity contribution in [2.45, 2.75) is 45.6 Å². The maximum atomic E-state index is 11.7. The van der Waals surface area contributed by atoms with E-state index in [-0.39, 0.29) is 5.91 Å². The number of carbonyl (C=O) groups is 1. The maximum Gasteiger partial charge on any atom is 0.223 e. The summed E-state index contributed by atoms with van der Waals surface area (Å²) < 4.78 is 0. The molecule has 0 aromatic heterocycles. The molecule has 1 aliphatic rings. The quantitative estimate of drug-likeness (QED) is 0.695. The number of nitrogens with one attached hydrogen (secondary N) is 1. The zero-order valence-corrected chi connectivity index (χ0v) is 10.3. The van der Waals surface area contributed by atoms with Crippen molar-refractivity contribution in [3.05, 3.63) is 0 Å². The standard InChI is InChI=1S/C12H24N2O/c1-4-10(2)9-14(3)12(15)7-8-13-11-5-6-11/h10-11,13H,4-9H2,1-3H3. The van der Waals surface area contributed by atoms with Crippen LogP contribution in [0, 0.1) is 5.92 Å². The average Bonchev–Trinajstić information content (AvgIpc) is 3.01. The SMILES string of the molecule is CCC(C)CN(C)C(=O)CCNC1CC1. The molecule has 0 aliphatic heterocycles. The predicted molar refractivity (Wildman–Crippen MR) is 62.7 cm³/mol. The van der Waals surface area contributed by atoms with Crippen LogP contribution in [0.5, 0.6) is 0 Å². The number of hydrogen-bond acceptors (Lipinski definition) is 2. The Balaban J connectivity index is 2.08. The molecule has 0 bridgehead atoms. The van der Waals surface area contributed by atoms with E-state index in [1.807, 2.05) is 11.9 Å². The summed E-state index contributed by atoms with van der Waals surface area (Å²) >= 11 is 0. The fourth-order valence-corrected chi connectivity index (χ4v) is 1.56. The summed E-state index contributed by atoms with van der Waals surface area (Å²) in [6.07, 6.45) is 4.36. The maximum absolute atomic E-state index is 11.7. The molecule has 3 nitrogen and oxygen atoms in total. The predicted octanol–water partition coefficient (Wildman–Crippen LogP) is 1.63. The molecular formula is C12H24N2O. The van der Waals surface area contributed by atoms with E-state index >= 15 is 0 Å². The Hall–Kier alpha value is -0.570. The Bertz CT molecular complexity index is 202. The van der Waals surface area contributed by atoms with Crippen LogP contribution in [0.1, 0.15) is 39.5 Å². The van der Waals surface area contributed by atoms with Gasteiger partial charge < -0.3 is 10.2 Å². The van der Waals surface area contributed by atoms with Crippen LogP contribution in [0.15, 0.2) is 0 Å². The van der Waals surface area contributed by atoms with E-state index < -0.39 is 0 Å². The van der Waals surface area contributed by atoms with E-state index in [9.17, 15) is 4.79 Å². The molecule has 1 unspecified atom stereocenters. The van der Waals surface area contributed by atoms with Crippen LogP contribution in [0.3, 0.4) is 0 Å². The molecule has 3 heteroatoms. The fraction of sp³-hybridized carbons (Fsp3) is 0.917. The third-order valence-corrected chi connectivity index (χ3v) is 3.06. The molecule has 0 heterocycles. The molecule has 0 aromatic carbocycles. The second kappa shape index (κ2) is 6.11. The molecule has 0 radical (unpaired) electrons. The van der Waals surface area contributed by atoms with Crippen LogP contribution < -0.4 is 5.32 Å². The lowest BCUT2D eigenvalue weighted by molar-refractivity contribution is -0.130. The third kappa shape index (κ3) is 5.17. The van der Waals surface area contributed by atoms with Crippen molar-refractivity contribution < 1.29 is 4.79 Å². The Morgan fingerprint density at radius 2 is 2.20 bits per heavy atom. The third-order valence-electron chi connectivity index (χ3n) is 3.06. The lowest BCUT2D eigenvalue weighted by Gasteiger charge is -2.20. The first-order valence-corrected chi connectivity index (χ1v) is 6.10. The van der Waals surface area contributed by atoms with Crippen LogP contribution in [0.4, 0.5) is 0 Å². The highest BCUT2D eigenvalue weighted by atomic mass is 16.2. The van der Waals surface area contributed by atoms with Crippen molar-refractivity contribution in [3.8, 4) is 0 Å². The minimum atomic E-state index is 0.267. The lowest BCUT2D eigenvalue weighted by Crippen LogP contribution is -2.33. The summed E-state index contributed by atoms with van der Waals surface area (Å²) in [5.74, 6) is 0.874. The summed E-state index contributed by atoms with van der Waals surface area (Å²) in [5.41, 5.74) is 0. The van der Waals surface area contributed by atoms with E-state index in [1.165, 1.54) is 12.8 Å². The summed E-state index contributed by atoms with van der Waals surface area (Å²) in [6, 6.07) is 0.706. The smallest absolute Gasteiger partial charge is 0.223 e. The number of carbonyl (C=O) groups excluding carboxylic acids is 1. The summed E-state index contributed by atoms with van der Waals surface area (Å²) in [4.78, 5) is 13.5. The van der Waals surface area contributed by atoms with Gasteiger partial charge in [-0.1, -0.05) is 20.3 Å². The first-order valence-electron chi connectivity index (χ1n) is 6.10. The number of hydrogen-bond donors (Lipinski definition) is 1. The Labute approximate surface area is 93.2 Å². The largest absolute Gasteiger partial charge is 0.345 e. The van der Waals surface area contributed by atoms with Crippen LogP contribution >= 0.6 is 0 Å². The molecule has 1 N–H and O–H groups in total. The lowest BCUT2D eigenvalue weighted by atomic mass is 10.1. The fourth-order valence-electron chi connectivity index (χ4n) is 1.56. The molecule has 88 valence electrons. The normalized spacial score (nSPS) is 17.5. The molecule has 1 fully saturated rings. The Morgan fingerprint density at radius 1 is 1.53 bits per heavy atom. The van der Waals surface area contributed by atoms with Crippen LogP contribution in [-0.2, 0) is 4.79 Å².